The number of anilines is 1. The van der Waals surface area contributed by atoms with Gasteiger partial charge >= 0.3 is 6.03 Å². The molecule has 0 aliphatic carbocycles. The van der Waals surface area contributed by atoms with E-state index >= 15 is 0 Å². The molecule has 172 valence electrons. The molecule has 4 heterocycles. The molecule has 1 aromatic rings. The Balaban J connectivity index is 1.60. The van der Waals surface area contributed by atoms with Crippen LogP contribution in [-0.4, -0.2) is 88.7 Å². The maximum absolute atomic E-state index is 13.3. The molecule has 0 radical (unpaired) electrons. The van der Waals surface area contributed by atoms with E-state index in [0.717, 1.165) is 30.2 Å². The Morgan fingerprint density at radius 3 is 2.16 bits per heavy atom. The molecule has 4 aliphatic heterocycles. The van der Waals surface area contributed by atoms with E-state index in [4.69, 9.17) is 9.47 Å². The minimum absolute atomic E-state index is 0.0273. The number of piperidine rings is 1. The number of methoxy groups -OCH3 is 2. The van der Waals surface area contributed by atoms with Gasteiger partial charge in [0, 0.05) is 56.6 Å². The van der Waals surface area contributed by atoms with Crippen LogP contribution < -0.4 is 14.4 Å². The van der Waals surface area contributed by atoms with Gasteiger partial charge in [-0.25, -0.2) is 13.2 Å². The molecule has 0 aromatic heterocycles. The number of hydrogen-bond acceptors (Lipinski definition) is 6. The number of ether oxygens (including phenoxy) is 2. The fraction of sp³-hybridized carbons (Fsp3) is 0.682. The van der Waals surface area contributed by atoms with E-state index in [2.05, 4.69) is 18.7 Å². The van der Waals surface area contributed by atoms with Crippen LogP contribution in [0, 0.1) is 11.3 Å². The zero-order valence-electron chi connectivity index (χ0n) is 18.8. The lowest BCUT2D eigenvalue weighted by atomic mass is 9.73. The van der Waals surface area contributed by atoms with Crippen LogP contribution in [0.15, 0.2) is 18.2 Å². The van der Waals surface area contributed by atoms with Crippen LogP contribution in [0.4, 0.5) is 10.5 Å². The van der Waals surface area contributed by atoms with E-state index in [-0.39, 0.29) is 42.1 Å². The lowest BCUT2D eigenvalue weighted by Crippen LogP contribution is -2.55. The van der Waals surface area contributed by atoms with Gasteiger partial charge in [0.1, 0.15) is 11.5 Å². The number of nitrogens with zero attached hydrogens (tertiary/aromatic N) is 3. The Morgan fingerprint density at radius 1 is 0.968 bits per heavy atom. The molecular formula is C22H33N3O5S. The van der Waals surface area contributed by atoms with E-state index < -0.39 is 9.84 Å². The van der Waals surface area contributed by atoms with E-state index in [0.29, 0.717) is 19.0 Å². The largest absolute Gasteiger partial charge is 0.497 e. The molecule has 4 aliphatic rings. The number of fused-ring (bicyclic) bond motifs is 4. The third-order valence-corrected chi connectivity index (χ3v) is 8.58. The van der Waals surface area contributed by atoms with Gasteiger partial charge in [0.05, 0.1) is 31.8 Å². The smallest absolute Gasteiger partial charge is 0.320 e. The molecule has 5 rings (SSSR count). The van der Waals surface area contributed by atoms with Crippen molar-refractivity contribution in [2.75, 3.05) is 63.3 Å². The molecule has 2 amide bonds. The van der Waals surface area contributed by atoms with Gasteiger partial charge in [0.25, 0.3) is 0 Å². The summed E-state index contributed by atoms with van der Waals surface area (Å²) in [4.78, 5) is 19.3. The third kappa shape index (κ3) is 4.42. The predicted octanol–water partition coefficient (Wildman–Crippen LogP) is 2.09. The van der Waals surface area contributed by atoms with Gasteiger partial charge in [0.15, 0.2) is 9.84 Å². The summed E-state index contributed by atoms with van der Waals surface area (Å²) in [6, 6.07) is 6.03. The fourth-order valence-corrected chi connectivity index (χ4v) is 6.54. The minimum atomic E-state index is -3.02. The molecule has 31 heavy (non-hydrogen) atoms. The van der Waals surface area contributed by atoms with Gasteiger partial charge in [-0.05, 0) is 17.8 Å². The summed E-state index contributed by atoms with van der Waals surface area (Å²) in [5, 5.41) is 0. The Kier molecular flexibility index (Phi) is 5.74. The Hall–Kier alpha value is -2.16. The van der Waals surface area contributed by atoms with E-state index in [1.54, 1.807) is 19.1 Å². The Bertz CT molecular complexity index is 912. The lowest BCUT2D eigenvalue weighted by molar-refractivity contribution is 0.153. The van der Waals surface area contributed by atoms with Crippen LogP contribution >= 0.6 is 0 Å². The molecule has 1 unspecified atom stereocenters. The van der Waals surface area contributed by atoms with Crippen molar-refractivity contribution in [1.29, 1.82) is 0 Å². The van der Waals surface area contributed by atoms with Gasteiger partial charge < -0.3 is 24.2 Å². The van der Waals surface area contributed by atoms with Crippen molar-refractivity contribution in [2.45, 2.75) is 26.3 Å². The number of hydrogen-bond donors (Lipinski definition) is 0. The summed E-state index contributed by atoms with van der Waals surface area (Å²) in [5.41, 5.74) is 1.07. The number of urea groups is 1. The first-order valence-corrected chi connectivity index (χ1v) is 12.7. The highest BCUT2D eigenvalue weighted by atomic mass is 32.2. The van der Waals surface area contributed by atoms with Crippen molar-refractivity contribution < 1.29 is 22.7 Å². The average molecular weight is 452 g/mol. The summed E-state index contributed by atoms with van der Waals surface area (Å²) < 4.78 is 34.5. The number of carbonyl (C=O) groups is 1. The summed E-state index contributed by atoms with van der Waals surface area (Å²) >= 11 is 0. The summed E-state index contributed by atoms with van der Waals surface area (Å²) in [6.45, 7) is 7.29. The Morgan fingerprint density at radius 2 is 1.58 bits per heavy atom. The highest BCUT2D eigenvalue weighted by Gasteiger charge is 2.47. The second-order valence-corrected chi connectivity index (χ2v) is 11.9. The zero-order valence-corrected chi connectivity index (χ0v) is 19.7. The van der Waals surface area contributed by atoms with Gasteiger partial charge in [0.2, 0.25) is 0 Å². The van der Waals surface area contributed by atoms with Crippen LogP contribution in [0.1, 0.15) is 20.3 Å². The summed E-state index contributed by atoms with van der Waals surface area (Å²) in [6.07, 6.45) is 1.05. The quantitative estimate of drug-likeness (QED) is 0.700. The van der Waals surface area contributed by atoms with Gasteiger partial charge in [-0.1, -0.05) is 13.8 Å². The first kappa shape index (κ1) is 22.0. The van der Waals surface area contributed by atoms with Crippen molar-refractivity contribution in [2.24, 2.45) is 11.3 Å². The second kappa shape index (κ2) is 8.07. The fourth-order valence-electron chi connectivity index (χ4n) is 5.34. The normalized spacial score (nSPS) is 27.0. The first-order chi connectivity index (χ1) is 14.6. The van der Waals surface area contributed by atoms with Crippen LogP contribution in [0.3, 0.4) is 0 Å². The molecule has 4 fully saturated rings. The van der Waals surface area contributed by atoms with Gasteiger partial charge in [-0.15, -0.1) is 0 Å². The van der Waals surface area contributed by atoms with Crippen LogP contribution in [0.5, 0.6) is 11.5 Å². The van der Waals surface area contributed by atoms with Crippen molar-refractivity contribution in [1.82, 2.24) is 9.80 Å². The molecular weight excluding hydrogens is 418 g/mol. The maximum atomic E-state index is 13.3. The minimum Gasteiger partial charge on any atom is -0.497 e. The third-order valence-electron chi connectivity index (χ3n) is 6.97. The number of amides is 2. The van der Waals surface area contributed by atoms with Crippen LogP contribution in [0.25, 0.3) is 0 Å². The highest BCUT2D eigenvalue weighted by Crippen LogP contribution is 2.44. The SMILES string of the molecule is COc1cc(OC)cc(N2C[C@H]3CN(C(=O)N4CCS(=O)(=O)CC4)CC2C(C)(C)C3)c1. The highest BCUT2D eigenvalue weighted by molar-refractivity contribution is 7.91. The number of carbonyl (C=O) groups excluding carboxylic acids is 1. The van der Waals surface area contributed by atoms with Crippen LogP contribution in [-0.2, 0) is 9.84 Å². The monoisotopic (exact) mass is 451 g/mol. The molecule has 0 spiro atoms. The predicted molar refractivity (Wildman–Crippen MR) is 120 cm³/mol. The molecule has 0 N–H and O–H groups in total. The molecule has 4 saturated heterocycles. The number of sulfone groups is 1. The average Bonchev–Trinajstić information content (AvgIpc) is 3.00. The first-order valence-electron chi connectivity index (χ1n) is 10.9. The Labute approximate surface area is 185 Å². The lowest BCUT2D eigenvalue weighted by Gasteiger charge is -2.48. The molecule has 2 atom stereocenters. The van der Waals surface area contributed by atoms with Crippen LogP contribution in [0.2, 0.25) is 0 Å². The number of rotatable bonds is 3. The summed E-state index contributed by atoms with van der Waals surface area (Å²) in [5.74, 6) is 1.94. The van der Waals surface area contributed by atoms with E-state index in [1.165, 1.54) is 0 Å². The van der Waals surface area contributed by atoms with Crippen molar-refractivity contribution in [3.8, 4) is 11.5 Å². The van der Waals surface area contributed by atoms with Crippen molar-refractivity contribution in [3.63, 3.8) is 0 Å². The standard InChI is InChI=1S/C22H33N3O5S/c1-22(2)12-16-13-24(21(26)23-5-7-31(27,28)8-6-23)15-20(22)25(14-16)17-9-18(29-3)11-19(10-17)30-4/h9-11,16,20H,5-8,12-15H2,1-4H3/t16-,20?/m1/s1. The van der Waals surface area contributed by atoms with Crippen molar-refractivity contribution in [3.05, 3.63) is 18.2 Å². The zero-order chi connectivity index (χ0) is 22.4. The van der Waals surface area contributed by atoms with E-state index in [9.17, 15) is 13.2 Å². The molecule has 0 saturated carbocycles. The van der Waals surface area contributed by atoms with Gasteiger partial charge in [-0.2, -0.15) is 0 Å². The van der Waals surface area contributed by atoms with Crippen molar-refractivity contribution >= 4 is 21.6 Å². The van der Waals surface area contributed by atoms with Gasteiger partial charge in [-0.3, -0.25) is 0 Å². The second-order valence-electron chi connectivity index (χ2n) is 9.62. The summed E-state index contributed by atoms with van der Waals surface area (Å²) in [7, 11) is 0.281. The van der Waals surface area contributed by atoms with E-state index in [1.807, 2.05) is 23.1 Å². The topological polar surface area (TPSA) is 79.4 Å². The number of benzene rings is 1. The molecule has 2 bridgehead atoms. The molecule has 8 nitrogen and oxygen atoms in total. The molecule has 1 aromatic carbocycles. The molecule has 9 heteroatoms. The maximum Gasteiger partial charge on any atom is 0.320 e.